The molecule has 0 bridgehead atoms. The van der Waals surface area contributed by atoms with E-state index >= 15 is 0 Å². The number of hydrogen-bond donors (Lipinski definition) is 1. The number of nitrogens with one attached hydrogen (secondary N) is 1. The molecule has 3 nitrogen and oxygen atoms in total. The van der Waals surface area contributed by atoms with Gasteiger partial charge in [-0.2, -0.15) is 5.26 Å². The van der Waals surface area contributed by atoms with Gasteiger partial charge in [-0.1, -0.05) is 13.8 Å². The molecule has 1 N–H and O–H groups in total. The van der Waals surface area contributed by atoms with Gasteiger partial charge in [-0.3, -0.25) is 0 Å². The Kier molecular flexibility index (Phi) is 4.22. The van der Waals surface area contributed by atoms with Crippen LogP contribution in [0, 0.1) is 11.3 Å². The monoisotopic (exact) mass is 243 g/mol. The molecule has 1 heterocycles. The number of anilines is 1. The molecule has 0 aliphatic carbocycles. The van der Waals surface area contributed by atoms with Crippen LogP contribution in [-0.2, 0) is 0 Å². The lowest BCUT2D eigenvalue weighted by molar-refractivity contribution is 0.387. The summed E-state index contributed by atoms with van der Waals surface area (Å²) in [5, 5.41) is 12.4. The van der Waals surface area contributed by atoms with E-state index in [9.17, 15) is 0 Å². The Bertz CT molecular complexity index is 408. The highest BCUT2D eigenvalue weighted by molar-refractivity contribution is 5.49. The Hall–Kier alpha value is -1.53. The van der Waals surface area contributed by atoms with Crippen LogP contribution in [0.3, 0.4) is 0 Å². The third-order valence-corrected chi connectivity index (χ3v) is 3.43. The molecule has 0 saturated carbocycles. The molecule has 0 atom stereocenters. The zero-order valence-electron chi connectivity index (χ0n) is 11.2. The molecule has 1 saturated heterocycles. The van der Waals surface area contributed by atoms with Gasteiger partial charge in [0.25, 0.3) is 0 Å². The van der Waals surface area contributed by atoms with Crippen LogP contribution in [-0.4, -0.2) is 25.2 Å². The molecule has 18 heavy (non-hydrogen) atoms. The number of benzene rings is 1. The van der Waals surface area contributed by atoms with Crippen molar-refractivity contribution in [3.05, 3.63) is 29.8 Å². The molecular weight excluding hydrogens is 222 g/mol. The first-order chi connectivity index (χ1) is 8.69. The third kappa shape index (κ3) is 3.24. The summed E-state index contributed by atoms with van der Waals surface area (Å²) in [6.07, 6.45) is 2.39. The Morgan fingerprint density at radius 2 is 1.83 bits per heavy atom. The van der Waals surface area contributed by atoms with Gasteiger partial charge in [-0.25, -0.2) is 0 Å². The first kappa shape index (κ1) is 12.9. The zero-order chi connectivity index (χ0) is 13.0. The summed E-state index contributed by atoms with van der Waals surface area (Å²) in [5.74, 6) is 0. The van der Waals surface area contributed by atoms with Crippen LogP contribution in [0.15, 0.2) is 24.3 Å². The predicted molar refractivity (Wildman–Crippen MR) is 74.7 cm³/mol. The van der Waals surface area contributed by atoms with Crippen LogP contribution in [0.1, 0.15) is 32.3 Å². The number of piperidine rings is 1. The summed E-state index contributed by atoms with van der Waals surface area (Å²) in [7, 11) is 0. The van der Waals surface area contributed by atoms with Gasteiger partial charge in [-0.15, -0.1) is 0 Å². The first-order valence-corrected chi connectivity index (χ1v) is 6.70. The second kappa shape index (κ2) is 5.88. The first-order valence-electron chi connectivity index (χ1n) is 6.70. The van der Waals surface area contributed by atoms with E-state index in [-0.39, 0.29) is 0 Å². The van der Waals surface area contributed by atoms with Crippen molar-refractivity contribution in [1.82, 2.24) is 5.32 Å². The molecule has 96 valence electrons. The van der Waals surface area contributed by atoms with E-state index in [0.29, 0.717) is 12.1 Å². The average molecular weight is 243 g/mol. The number of hydrogen-bond acceptors (Lipinski definition) is 3. The molecule has 1 aliphatic heterocycles. The fourth-order valence-electron chi connectivity index (χ4n) is 2.52. The van der Waals surface area contributed by atoms with Gasteiger partial charge < -0.3 is 10.2 Å². The number of rotatable bonds is 3. The number of nitrogens with zero attached hydrogens (tertiary/aromatic N) is 2. The minimum Gasteiger partial charge on any atom is -0.371 e. The lowest BCUT2D eigenvalue weighted by atomic mass is 10.0. The number of nitriles is 1. The van der Waals surface area contributed by atoms with Crippen LogP contribution >= 0.6 is 0 Å². The van der Waals surface area contributed by atoms with Crippen LogP contribution in [0.5, 0.6) is 0 Å². The second-order valence-corrected chi connectivity index (χ2v) is 5.24. The van der Waals surface area contributed by atoms with Gasteiger partial charge in [0.2, 0.25) is 0 Å². The summed E-state index contributed by atoms with van der Waals surface area (Å²) in [6.45, 7) is 6.59. The molecule has 0 spiro atoms. The Morgan fingerprint density at radius 1 is 1.22 bits per heavy atom. The molecule has 0 aromatic heterocycles. The van der Waals surface area contributed by atoms with Crippen molar-refractivity contribution in [1.29, 1.82) is 5.26 Å². The molecule has 0 amide bonds. The van der Waals surface area contributed by atoms with Crippen molar-refractivity contribution in [2.75, 3.05) is 18.0 Å². The standard InChI is InChI=1S/C15H21N3/c1-12(2)17-14-7-9-18(10-8-14)15-5-3-13(11-16)4-6-15/h3-6,12,14,17H,7-10H2,1-2H3. The molecule has 1 aromatic carbocycles. The lowest BCUT2D eigenvalue weighted by Gasteiger charge is -2.34. The van der Waals surface area contributed by atoms with Crippen molar-refractivity contribution in [3.63, 3.8) is 0 Å². The summed E-state index contributed by atoms with van der Waals surface area (Å²) in [5.41, 5.74) is 1.96. The van der Waals surface area contributed by atoms with Crippen molar-refractivity contribution in [2.24, 2.45) is 0 Å². The van der Waals surface area contributed by atoms with Gasteiger partial charge >= 0.3 is 0 Å². The highest BCUT2D eigenvalue weighted by atomic mass is 15.1. The van der Waals surface area contributed by atoms with E-state index in [1.807, 2.05) is 12.1 Å². The highest BCUT2D eigenvalue weighted by Crippen LogP contribution is 2.20. The van der Waals surface area contributed by atoms with Crippen LogP contribution < -0.4 is 10.2 Å². The molecule has 1 aliphatic rings. The summed E-state index contributed by atoms with van der Waals surface area (Å²) in [4.78, 5) is 2.40. The summed E-state index contributed by atoms with van der Waals surface area (Å²) >= 11 is 0. The Labute approximate surface area is 109 Å². The van der Waals surface area contributed by atoms with E-state index in [2.05, 4.69) is 42.3 Å². The topological polar surface area (TPSA) is 39.1 Å². The third-order valence-electron chi connectivity index (χ3n) is 3.43. The Balaban J connectivity index is 1.91. The molecule has 2 rings (SSSR count). The van der Waals surface area contributed by atoms with Gasteiger partial charge in [0, 0.05) is 30.9 Å². The van der Waals surface area contributed by atoms with Gasteiger partial charge in [0.05, 0.1) is 11.6 Å². The molecule has 0 unspecified atom stereocenters. The van der Waals surface area contributed by atoms with Crippen molar-refractivity contribution < 1.29 is 0 Å². The van der Waals surface area contributed by atoms with Crippen molar-refractivity contribution >= 4 is 5.69 Å². The Morgan fingerprint density at radius 3 is 2.33 bits per heavy atom. The van der Waals surface area contributed by atoms with Crippen molar-refractivity contribution in [2.45, 2.75) is 38.8 Å². The maximum Gasteiger partial charge on any atom is 0.0991 e. The normalized spacial score (nSPS) is 16.9. The largest absolute Gasteiger partial charge is 0.371 e. The molecule has 1 fully saturated rings. The fraction of sp³-hybridized carbons (Fsp3) is 0.533. The summed E-state index contributed by atoms with van der Waals surface area (Å²) in [6, 6.07) is 11.3. The zero-order valence-corrected chi connectivity index (χ0v) is 11.2. The average Bonchev–Trinajstić information content (AvgIpc) is 2.39. The van der Waals surface area contributed by atoms with E-state index in [4.69, 9.17) is 5.26 Å². The molecule has 0 radical (unpaired) electrons. The minimum atomic E-state index is 0.566. The van der Waals surface area contributed by atoms with E-state index in [1.165, 1.54) is 18.5 Å². The van der Waals surface area contributed by atoms with Crippen LogP contribution in [0.4, 0.5) is 5.69 Å². The maximum atomic E-state index is 8.79. The quantitative estimate of drug-likeness (QED) is 0.886. The van der Waals surface area contributed by atoms with Gasteiger partial charge in [0.15, 0.2) is 0 Å². The molecule has 1 aromatic rings. The fourth-order valence-corrected chi connectivity index (χ4v) is 2.52. The molecular formula is C15H21N3. The lowest BCUT2D eigenvalue weighted by Crippen LogP contribution is -2.44. The predicted octanol–water partition coefficient (Wildman–Crippen LogP) is 2.53. The van der Waals surface area contributed by atoms with E-state index in [0.717, 1.165) is 18.7 Å². The minimum absolute atomic E-state index is 0.566. The van der Waals surface area contributed by atoms with Crippen molar-refractivity contribution in [3.8, 4) is 6.07 Å². The SMILES string of the molecule is CC(C)NC1CCN(c2ccc(C#N)cc2)CC1. The van der Waals surface area contributed by atoms with Gasteiger partial charge in [0.1, 0.15) is 0 Å². The maximum absolute atomic E-state index is 8.79. The summed E-state index contributed by atoms with van der Waals surface area (Å²) < 4.78 is 0. The van der Waals surface area contributed by atoms with E-state index < -0.39 is 0 Å². The highest BCUT2D eigenvalue weighted by Gasteiger charge is 2.19. The van der Waals surface area contributed by atoms with E-state index in [1.54, 1.807) is 0 Å². The smallest absolute Gasteiger partial charge is 0.0991 e. The second-order valence-electron chi connectivity index (χ2n) is 5.24. The van der Waals surface area contributed by atoms with Gasteiger partial charge in [-0.05, 0) is 37.1 Å². The van der Waals surface area contributed by atoms with Crippen LogP contribution in [0.25, 0.3) is 0 Å². The molecule has 3 heteroatoms. The van der Waals surface area contributed by atoms with Crippen LogP contribution in [0.2, 0.25) is 0 Å².